The second kappa shape index (κ2) is 6.47. The van der Waals surface area contributed by atoms with Crippen molar-refractivity contribution < 1.29 is 9.53 Å². The summed E-state index contributed by atoms with van der Waals surface area (Å²) in [7, 11) is 0. The quantitative estimate of drug-likeness (QED) is 0.557. The van der Waals surface area contributed by atoms with Crippen LogP contribution in [-0.2, 0) is 4.74 Å². The first-order valence-corrected chi connectivity index (χ1v) is 6.82. The predicted molar refractivity (Wildman–Crippen MR) is 79.5 cm³/mol. The Morgan fingerprint density at radius 2 is 2.35 bits per heavy atom. The maximum atomic E-state index is 10.9. The van der Waals surface area contributed by atoms with Gasteiger partial charge in [-0.15, -0.1) is 0 Å². The molecule has 0 aromatic heterocycles. The van der Waals surface area contributed by atoms with Crippen LogP contribution in [0.4, 0.5) is 16.2 Å². The fourth-order valence-corrected chi connectivity index (χ4v) is 2.49. The molecule has 0 spiro atoms. The van der Waals surface area contributed by atoms with E-state index in [0.29, 0.717) is 6.67 Å². The molecule has 1 saturated heterocycles. The summed E-state index contributed by atoms with van der Waals surface area (Å²) in [5.41, 5.74) is 13.8. The van der Waals surface area contributed by atoms with Crippen LogP contribution in [-0.4, -0.2) is 32.0 Å². The lowest BCUT2D eigenvalue weighted by atomic mass is 10.1. The number of carbonyl (C=O) groups excluding carboxylic acids is 1. The number of anilines is 2. The van der Waals surface area contributed by atoms with E-state index in [1.807, 2.05) is 25.1 Å². The lowest BCUT2D eigenvalue weighted by Crippen LogP contribution is -2.43. The molecule has 5 N–H and O–H groups in total. The first-order chi connectivity index (χ1) is 9.56. The molecule has 2 amide bonds. The van der Waals surface area contributed by atoms with Crippen LogP contribution in [0, 0.1) is 6.92 Å². The van der Waals surface area contributed by atoms with Crippen molar-refractivity contribution in [2.45, 2.75) is 25.9 Å². The molecule has 0 aliphatic carbocycles. The molecule has 0 bridgehead atoms. The third-order valence-corrected chi connectivity index (χ3v) is 3.45. The van der Waals surface area contributed by atoms with Gasteiger partial charge in [0.25, 0.3) is 0 Å². The molecule has 6 heteroatoms. The van der Waals surface area contributed by atoms with Crippen molar-refractivity contribution in [1.29, 1.82) is 0 Å². The lowest BCUT2D eigenvalue weighted by molar-refractivity contribution is 0.115. The van der Waals surface area contributed by atoms with E-state index in [0.717, 1.165) is 42.9 Å². The number of hydrogen-bond acceptors (Lipinski definition) is 4. The molecule has 110 valence electrons. The molecule has 20 heavy (non-hydrogen) atoms. The largest absolute Gasteiger partial charge is 0.399 e. The number of aryl methyl sites for hydroxylation is 1. The first-order valence-electron chi connectivity index (χ1n) is 6.82. The molecule has 1 aliphatic heterocycles. The molecule has 1 fully saturated rings. The topological polar surface area (TPSA) is 93.6 Å². The number of nitrogens with two attached hydrogens (primary N) is 2. The third-order valence-electron chi connectivity index (χ3n) is 3.45. The Kier molecular flexibility index (Phi) is 4.68. The van der Waals surface area contributed by atoms with Crippen LogP contribution >= 0.6 is 0 Å². The Balaban J connectivity index is 2.12. The summed E-state index contributed by atoms with van der Waals surface area (Å²) >= 11 is 0. The maximum absolute atomic E-state index is 10.9. The molecular weight excluding hydrogens is 256 g/mol. The zero-order valence-electron chi connectivity index (χ0n) is 11.8. The van der Waals surface area contributed by atoms with Gasteiger partial charge in [0.2, 0.25) is 0 Å². The molecule has 1 aromatic carbocycles. The lowest BCUT2D eigenvalue weighted by Gasteiger charge is -2.28. The monoisotopic (exact) mass is 278 g/mol. The zero-order chi connectivity index (χ0) is 14.5. The second-order valence-electron chi connectivity index (χ2n) is 5.10. The third kappa shape index (κ3) is 3.77. The molecule has 6 nitrogen and oxygen atoms in total. The minimum atomic E-state index is -0.532. The SMILES string of the molecule is Cc1cc(N)ccc1N(CNC(N)=O)CC1CCCO1. The van der Waals surface area contributed by atoms with E-state index in [-0.39, 0.29) is 6.10 Å². The van der Waals surface area contributed by atoms with Crippen molar-refractivity contribution in [2.24, 2.45) is 5.73 Å². The fraction of sp³-hybridized carbons (Fsp3) is 0.500. The number of amides is 2. The van der Waals surface area contributed by atoms with Gasteiger partial charge < -0.3 is 26.4 Å². The van der Waals surface area contributed by atoms with Gasteiger partial charge in [0.15, 0.2) is 0 Å². The highest BCUT2D eigenvalue weighted by Crippen LogP contribution is 2.24. The number of nitrogen functional groups attached to an aromatic ring is 1. The Morgan fingerprint density at radius 3 is 2.95 bits per heavy atom. The minimum Gasteiger partial charge on any atom is -0.399 e. The minimum absolute atomic E-state index is 0.196. The van der Waals surface area contributed by atoms with Gasteiger partial charge in [-0.1, -0.05) is 0 Å². The summed E-state index contributed by atoms with van der Waals surface area (Å²) in [4.78, 5) is 13.0. The van der Waals surface area contributed by atoms with Crippen LogP contribution in [0.1, 0.15) is 18.4 Å². The summed E-state index contributed by atoms with van der Waals surface area (Å²) < 4.78 is 5.67. The highest BCUT2D eigenvalue weighted by Gasteiger charge is 2.20. The van der Waals surface area contributed by atoms with E-state index in [1.165, 1.54) is 0 Å². The van der Waals surface area contributed by atoms with Crippen molar-refractivity contribution in [1.82, 2.24) is 5.32 Å². The van der Waals surface area contributed by atoms with Crippen LogP contribution < -0.4 is 21.7 Å². The maximum Gasteiger partial charge on any atom is 0.313 e. The summed E-state index contributed by atoms with van der Waals surface area (Å²) in [6.07, 6.45) is 2.32. The molecule has 1 aromatic rings. The Morgan fingerprint density at radius 1 is 1.55 bits per heavy atom. The van der Waals surface area contributed by atoms with Gasteiger partial charge in [0.1, 0.15) is 0 Å². The van der Waals surface area contributed by atoms with E-state index in [2.05, 4.69) is 10.2 Å². The van der Waals surface area contributed by atoms with Crippen LogP contribution in [0.5, 0.6) is 0 Å². The highest BCUT2D eigenvalue weighted by molar-refractivity contribution is 5.72. The second-order valence-corrected chi connectivity index (χ2v) is 5.10. The summed E-state index contributed by atoms with van der Waals surface area (Å²) in [6.45, 7) is 3.89. The number of benzene rings is 1. The van der Waals surface area contributed by atoms with Crippen molar-refractivity contribution in [3.8, 4) is 0 Å². The van der Waals surface area contributed by atoms with Crippen molar-refractivity contribution in [3.63, 3.8) is 0 Å². The normalized spacial score (nSPS) is 17.9. The van der Waals surface area contributed by atoms with Crippen molar-refractivity contribution >= 4 is 17.4 Å². The Bertz CT molecular complexity index is 472. The summed E-state index contributed by atoms with van der Waals surface area (Å²) in [6, 6.07) is 5.20. The molecular formula is C14H22N4O2. The van der Waals surface area contributed by atoms with Gasteiger partial charge in [0.05, 0.1) is 12.8 Å². The van der Waals surface area contributed by atoms with E-state index in [4.69, 9.17) is 16.2 Å². The average Bonchev–Trinajstić information content (AvgIpc) is 2.87. The number of hydrogen-bond donors (Lipinski definition) is 3. The van der Waals surface area contributed by atoms with Crippen molar-refractivity contribution in [2.75, 3.05) is 30.5 Å². The van der Waals surface area contributed by atoms with Gasteiger partial charge in [-0.2, -0.15) is 0 Å². The highest BCUT2D eigenvalue weighted by atomic mass is 16.5. The van der Waals surface area contributed by atoms with Gasteiger partial charge in [-0.05, 0) is 43.5 Å². The number of nitrogens with zero attached hydrogens (tertiary/aromatic N) is 1. The summed E-state index contributed by atoms with van der Waals surface area (Å²) in [5.74, 6) is 0. The van der Waals surface area contributed by atoms with E-state index in [9.17, 15) is 4.79 Å². The van der Waals surface area contributed by atoms with E-state index >= 15 is 0 Å². The number of rotatable bonds is 5. The number of urea groups is 1. The van der Waals surface area contributed by atoms with Crippen LogP contribution in [0.3, 0.4) is 0 Å². The Labute approximate surface area is 119 Å². The molecule has 2 rings (SSSR count). The number of carbonyl (C=O) groups is 1. The molecule has 0 radical (unpaired) electrons. The van der Waals surface area contributed by atoms with Crippen LogP contribution in [0.2, 0.25) is 0 Å². The number of nitrogens with one attached hydrogen (secondary N) is 1. The first kappa shape index (κ1) is 14.5. The number of primary amides is 1. The average molecular weight is 278 g/mol. The van der Waals surface area contributed by atoms with Crippen molar-refractivity contribution in [3.05, 3.63) is 23.8 Å². The standard InChI is InChI=1S/C14H22N4O2/c1-10-7-11(15)4-5-13(10)18(9-17-14(16)19)8-12-3-2-6-20-12/h4-5,7,12H,2-3,6,8-9,15H2,1H3,(H3,16,17,19). The molecule has 1 atom stereocenters. The number of ether oxygens (including phenoxy) is 1. The van der Waals surface area contributed by atoms with Crippen LogP contribution in [0.15, 0.2) is 18.2 Å². The van der Waals surface area contributed by atoms with Gasteiger partial charge in [0, 0.05) is 24.5 Å². The fourth-order valence-electron chi connectivity index (χ4n) is 2.49. The smallest absolute Gasteiger partial charge is 0.313 e. The van der Waals surface area contributed by atoms with E-state index in [1.54, 1.807) is 0 Å². The zero-order valence-corrected chi connectivity index (χ0v) is 11.8. The molecule has 1 heterocycles. The Hall–Kier alpha value is -1.95. The van der Waals surface area contributed by atoms with Gasteiger partial charge in [-0.25, -0.2) is 4.79 Å². The molecule has 1 unspecified atom stereocenters. The molecule has 0 saturated carbocycles. The van der Waals surface area contributed by atoms with Gasteiger partial charge >= 0.3 is 6.03 Å². The molecule has 1 aliphatic rings. The predicted octanol–water partition coefficient (Wildman–Crippen LogP) is 1.19. The van der Waals surface area contributed by atoms with Gasteiger partial charge in [-0.3, -0.25) is 0 Å². The summed E-state index contributed by atoms with van der Waals surface area (Å²) in [5, 5.41) is 2.64. The van der Waals surface area contributed by atoms with E-state index < -0.39 is 6.03 Å². The van der Waals surface area contributed by atoms with Crippen LogP contribution in [0.25, 0.3) is 0 Å².